The molecule has 1 aromatic carbocycles. The van der Waals surface area contributed by atoms with E-state index in [-0.39, 0.29) is 11.3 Å². The Kier molecular flexibility index (Phi) is 4.84. The van der Waals surface area contributed by atoms with Gasteiger partial charge < -0.3 is 11.1 Å². The summed E-state index contributed by atoms with van der Waals surface area (Å²) in [6.45, 7) is 0.720. The lowest BCUT2D eigenvalue weighted by Gasteiger charge is -2.22. The number of anilines is 1. The highest BCUT2D eigenvalue weighted by Crippen LogP contribution is 2.28. The molecule has 1 aromatic rings. The number of nitrogens with one attached hydrogen (secondary N) is 1. The van der Waals surface area contributed by atoms with Crippen LogP contribution >= 0.6 is 11.8 Å². The fourth-order valence-electron chi connectivity index (χ4n) is 2.19. The first kappa shape index (κ1) is 14.6. The SMILES string of the molecule is NC(=O)c1ccc(NCC2CCSCC2)c([N+](=O)[O-])c1. The average molecular weight is 295 g/mol. The van der Waals surface area contributed by atoms with Crippen LogP contribution in [0.4, 0.5) is 11.4 Å². The first-order valence-corrected chi connectivity index (χ1v) is 7.63. The molecule has 1 aliphatic heterocycles. The largest absolute Gasteiger partial charge is 0.379 e. The number of nitro groups is 1. The van der Waals surface area contributed by atoms with Gasteiger partial charge in [-0.15, -0.1) is 0 Å². The Morgan fingerprint density at radius 3 is 2.75 bits per heavy atom. The molecule has 0 atom stereocenters. The molecule has 0 radical (unpaired) electrons. The van der Waals surface area contributed by atoms with Gasteiger partial charge in [0.15, 0.2) is 0 Å². The molecule has 2 rings (SSSR count). The third kappa shape index (κ3) is 3.63. The normalized spacial score (nSPS) is 15.8. The quantitative estimate of drug-likeness (QED) is 0.641. The molecule has 20 heavy (non-hydrogen) atoms. The summed E-state index contributed by atoms with van der Waals surface area (Å²) in [5.41, 5.74) is 5.63. The highest BCUT2D eigenvalue weighted by molar-refractivity contribution is 7.99. The Hall–Kier alpha value is -1.76. The lowest BCUT2D eigenvalue weighted by Crippen LogP contribution is -2.19. The van der Waals surface area contributed by atoms with Gasteiger partial charge in [-0.05, 0) is 42.4 Å². The van der Waals surface area contributed by atoms with Crippen molar-refractivity contribution in [2.45, 2.75) is 12.8 Å². The second-order valence-electron chi connectivity index (χ2n) is 4.79. The molecular weight excluding hydrogens is 278 g/mol. The minimum atomic E-state index is -0.663. The third-order valence-electron chi connectivity index (χ3n) is 3.40. The van der Waals surface area contributed by atoms with Crippen molar-refractivity contribution in [2.24, 2.45) is 11.7 Å². The number of thioether (sulfide) groups is 1. The molecule has 0 aromatic heterocycles. The number of carbonyl (C=O) groups excluding carboxylic acids is 1. The van der Waals surface area contributed by atoms with Crippen LogP contribution in [0.5, 0.6) is 0 Å². The number of nitro benzene ring substituents is 1. The third-order valence-corrected chi connectivity index (χ3v) is 4.45. The van der Waals surface area contributed by atoms with Crippen molar-refractivity contribution in [3.63, 3.8) is 0 Å². The zero-order chi connectivity index (χ0) is 14.5. The van der Waals surface area contributed by atoms with Crippen LogP contribution in [-0.2, 0) is 0 Å². The summed E-state index contributed by atoms with van der Waals surface area (Å²) in [4.78, 5) is 21.6. The van der Waals surface area contributed by atoms with E-state index in [2.05, 4.69) is 5.32 Å². The summed E-state index contributed by atoms with van der Waals surface area (Å²) in [7, 11) is 0. The van der Waals surface area contributed by atoms with Crippen LogP contribution in [0.25, 0.3) is 0 Å². The highest BCUT2D eigenvalue weighted by Gasteiger charge is 2.18. The van der Waals surface area contributed by atoms with Crippen molar-refractivity contribution in [3.05, 3.63) is 33.9 Å². The topological polar surface area (TPSA) is 98.3 Å². The zero-order valence-electron chi connectivity index (χ0n) is 11.0. The second kappa shape index (κ2) is 6.60. The van der Waals surface area contributed by atoms with Crippen LogP contribution in [-0.4, -0.2) is 28.9 Å². The van der Waals surface area contributed by atoms with Gasteiger partial charge in [-0.2, -0.15) is 11.8 Å². The Bertz CT molecular complexity index is 516. The van der Waals surface area contributed by atoms with Gasteiger partial charge in [0.25, 0.3) is 5.69 Å². The minimum absolute atomic E-state index is 0.105. The molecule has 7 heteroatoms. The molecule has 3 N–H and O–H groups in total. The molecule has 1 saturated heterocycles. The lowest BCUT2D eigenvalue weighted by atomic mass is 10.0. The Labute approximate surface area is 121 Å². The molecule has 0 bridgehead atoms. The molecule has 0 unspecified atom stereocenters. The molecule has 6 nitrogen and oxygen atoms in total. The van der Waals surface area contributed by atoms with E-state index in [1.54, 1.807) is 6.07 Å². The van der Waals surface area contributed by atoms with Gasteiger partial charge in [0, 0.05) is 18.2 Å². The standard InChI is InChI=1S/C13H17N3O3S/c14-13(17)10-1-2-11(12(7-10)16(18)19)15-8-9-3-5-20-6-4-9/h1-2,7,9,15H,3-6,8H2,(H2,14,17). The molecule has 0 saturated carbocycles. The van der Waals surface area contributed by atoms with Crippen molar-refractivity contribution < 1.29 is 9.72 Å². The molecular formula is C13H17N3O3S. The molecule has 0 aliphatic carbocycles. The Morgan fingerprint density at radius 2 is 2.15 bits per heavy atom. The van der Waals surface area contributed by atoms with Gasteiger partial charge in [0.1, 0.15) is 5.69 Å². The number of hydrogen-bond acceptors (Lipinski definition) is 5. The predicted molar refractivity (Wildman–Crippen MR) is 80.2 cm³/mol. The van der Waals surface area contributed by atoms with E-state index in [1.807, 2.05) is 11.8 Å². The van der Waals surface area contributed by atoms with Crippen molar-refractivity contribution in [3.8, 4) is 0 Å². The molecule has 108 valence electrons. The predicted octanol–water partition coefficient (Wildman–Crippen LogP) is 2.25. The summed E-state index contributed by atoms with van der Waals surface area (Å²) >= 11 is 1.95. The number of carbonyl (C=O) groups is 1. The van der Waals surface area contributed by atoms with Gasteiger partial charge in [-0.25, -0.2) is 0 Å². The van der Waals surface area contributed by atoms with Crippen molar-refractivity contribution in [1.29, 1.82) is 0 Å². The maximum atomic E-state index is 11.1. The van der Waals surface area contributed by atoms with Crippen molar-refractivity contribution >= 4 is 29.0 Å². The fraction of sp³-hybridized carbons (Fsp3) is 0.462. The summed E-state index contributed by atoms with van der Waals surface area (Å²) in [6, 6.07) is 4.28. The Morgan fingerprint density at radius 1 is 1.45 bits per heavy atom. The van der Waals surface area contributed by atoms with Crippen LogP contribution in [0.2, 0.25) is 0 Å². The number of rotatable bonds is 5. The smallest absolute Gasteiger partial charge is 0.293 e. The number of primary amides is 1. The van der Waals surface area contributed by atoms with Gasteiger partial charge in [0.2, 0.25) is 5.91 Å². The number of hydrogen-bond donors (Lipinski definition) is 2. The minimum Gasteiger partial charge on any atom is -0.379 e. The van der Waals surface area contributed by atoms with E-state index in [1.165, 1.54) is 12.1 Å². The van der Waals surface area contributed by atoms with E-state index in [0.29, 0.717) is 11.6 Å². The van der Waals surface area contributed by atoms with Crippen LogP contribution in [0.3, 0.4) is 0 Å². The van der Waals surface area contributed by atoms with E-state index in [0.717, 1.165) is 30.9 Å². The average Bonchev–Trinajstić information content (AvgIpc) is 2.45. The van der Waals surface area contributed by atoms with Gasteiger partial charge in [0.05, 0.1) is 4.92 Å². The fourth-order valence-corrected chi connectivity index (χ4v) is 3.39. The monoisotopic (exact) mass is 295 g/mol. The maximum Gasteiger partial charge on any atom is 0.293 e. The zero-order valence-corrected chi connectivity index (χ0v) is 11.8. The first-order valence-electron chi connectivity index (χ1n) is 6.48. The number of nitrogens with zero attached hydrogens (tertiary/aromatic N) is 1. The van der Waals surface area contributed by atoms with E-state index >= 15 is 0 Å². The maximum absolute atomic E-state index is 11.1. The van der Waals surface area contributed by atoms with Crippen molar-refractivity contribution in [1.82, 2.24) is 0 Å². The van der Waals surface area contributed by atoms with Gasteiger partial charge in [-0.1, -0.05) is 0 Å². The van der Waals surface area contributed by atoms with E-state index < -0.39 is 10.8 Å². The molecule has 1 aliphatic rings. The van der Waals surface area contributed by atoms with Crippen LogP contribution in [0.1, 0.15) is 23.2 Å². The number of amides is 1. The summed E-state index contributed by atoms with van der Waals surface area (Å²) < 4.78 is 0. The van der Waals surface area contributed by atoms with Crippen LogP contribution < -0.4 is 11.1 Å². The van der Waals surface area contributed by atoms with Crippen molar-refractivity contribution in [2.75, 3.05) is 23.4 Å². The Balaban J connectivity index is 2.09. The number of nitrogens with two attached hydrogens (primary N) is 1. The van der Waals surface area contributed by atoms with E-state index in [9.17, 15) is 14.9 Å². The number of benzene rings is 1. The van der Waals surface area contributed by atoms with Crippen LogP contribution in [0.15, 0.2) is 18.2 Å². The molecule has 0 spiro atoms. The molecule has 1 heterocycles. The van der Waals surface area contributed by atoms with E-state index in [4.69, 9.17) is 5.73 Å². The van der Waals surface area contributed by atoms with Gasteiger partial charge in [-0.3, -0.25) is 14.9 Å². The summed E-state index contributed by atoms with van der Waals surface area (Å²) in [5.74, 6) is 2.18. The van der Waals surface area contributed by atoms with Crippen LogP contribution in [0, 0.1) is 16.0 Å². The highest BCUT2D eigenvalue weighted by atomic mass is 32.2. The van der Waals surface area contributed by atoms with Gasteiger partial charge >= 0.3 is 0 Å². The first-order chi connectivity index (χ1) is 9.58. The second-order valence-corrected chi connectivity index (χ2v) is 6.01. The summed E-state index contributed by atoms with van der Waals surface area (Å²) in [5, 5.41) is 14.2. The molecule has 1 fully saturated rings. The summed E-state index contributed by atoms with van der Waals surface area (Å²) in [6.07, 6.45) is 2.26. The lowest BCUT2D eigenvalue weighted by molar-refractivity contribution is -0.384. The molecule has 1 amide bonds.